The highest BCUT2D eigenvalue weighted by Gasteiger charge is 2.37. The summed E-state index contributed by atoms with van der Waals surface area (Å²) < 4.78 is 6.71. The van der Waals surface area contributed by atoms with E-state index in [9.17, 15) is 9.59 Å². The summed E-state index contributed by atoms with van der Waals surface area (Å²) in [5.41, 5.74) is 0.887. The van der Waals surface area contributed by atoms with Crippen LogP contribution in [0.3, 0.4) is 0 Å². The van der Waals surface area contributed by atoms with Crippen molar-refractivity contribution in [1.82, 2.24) is 19.8 Å². The van der Waals surface area contributed by atoms with Crippen molar-refractivity contribution in [3.05, 3.63) is 18.2 Å². The molecule has 1 fully saturated rings. The topological polar surface area (TPSA) is 76.5 Å². The first-order valence-electron chi connectivity index (χ1n) is 6.16. The van der Waals surface area contributed by atoms with Crippen molar-refractivity contribution >= 4 is 11.8 Å². The number of likely N-dealkylation sites (tertiary alicyclic amines) is 1. The van der Waals surface area contributed by atoms with Gasteiger partial charge in [0.25, 0.3) is 5.91 Å². The number of likely N-dealkylation sites (N-methyl/N-ethyl adjacent to an activating group) is 1. The number of carbonyl (C=O) groups excluding carboxylic acids is 2. The number of methoxy groups -OCH3 is 1. The molecule has 0 bridgehead atoms. The summed E-state index contributed by atoms with van der Waals surface area (Å²) in [6.07, 6.45) is 3.51. The van der Waals surface area contributed by atoms with Crippen molar-refractivity contribution in [1.29, 1.82) is 0 Å². The quantitative estimate of drug-likeness (QED) is 0.557. The highest BCUT2D eigenvalue weighted by Crippen LogP contribution is 2.24. The van der Waals surface area contributed by atoms with E-state index >= 15 is 0 Å². The Balaban J connectivity index is 2.03. The van der Waals surface area contributed by atoms with Gasteiger partial charge >= 0.3 is 0 Å². The Morgan fingerprint density at radius 2 is 2.32 bits per heavy atom. The number of hydrogen-bond acceptors (Lipinski definition) is 5. The summed E-state index contributed by atoms with van der Waals surface area (Å²) in [5, 5.41) is 3.19. The maximum atomic E-state index is 12.0. The lowest BCUT2D eigenvalue weighted by Gasteiger charge is -2.14. The molecule has 1 atom stereocenters. The van der Waals surface area contributed by atoms with Crippen molar-refractivity contribution in [2.24, 2.45) is 0 Å². The number of carbonyl (C=O) groups is 2. The minimum atomic E-state index is -0.459. The molecule has 19 heavy (non-hydrogen) atoms. The number of imide groups is 1. The Hall–Kier alpha value is -1.73. The smallest absolute Gasteiger partial charge is 0.252 e. The van der Waals surface area contributed by atoms with Crippen LogP contribution in [-0.4, -0.2) is 53.6 Å². The molecule has 2 rings (SSSR count). The first kappa shape index (κ1) is 13.7. The van der Waals surface area contributed by atoms with Crippen LogP contribution in [0.2, 0.25) is 0 Å². The van der Waals surface area contributed by atoms with E-state index in [0.29, 0.717) is 13.2 Å². The average Bonchev–Trinajstić information content (AvgIpc) is 2.95. The number of nitrogens with zero attached hydrogens (tertiary/aromatic N) is 3. The van der Waals surface area contributed by atoms with Crippen molar-refractivity contribution in [2.45, 2.75) is 19.0 Å². The minimum absolute atomic E-state index is 0.151. The highest BCUT2D eigenvalue weighted by atomic mass is 16.5. The Morgan fingerprint density at radius 3 is 2.95 bits per heavy atom. The molecular formula is C12H18N4O3. The van der Waals surface area contributed by atoms with Gasteiger partial charge in [0.1, 0.15) is 6.04 Å². The molecule has 1 N–H and O–H groups in total. The molecule has 0 saturated carbocycles. The minimum Gasteiger partial charge on any atom is -0.383 e. The van der Waals surface area contributed by atoms with Gasteiger partial charge in [-0.05, 0) is 0 Å². The molecule has 104 valence electrons. The van der Waals surface area contributed by atoms with Crippen LogP contribution >= 0.6 is 0 Å². The van der Waals surface area contributed by atoms with Crippen LogP contribution in [0.15, 0.2) is 12.5 Å². The second kappa shape index (κ2) is 5.94. The molecule has 2 amide bonds. The van der Waals surface area contributed by atoms with Crippen LogP contribution in [0.25, 0.3) is 0 Å². The van der Waals surface area contributed by atoms with Crippen LogP contribution in [0.1, 0.15) is 18.2 Å². The molecule has 1 aromatic heterocycles. The van der Waals surface area contributed by atoms with Gasteiger partial charge in [0.15, 0.2) is 0 Å². The lowest BCUT2D eigenvalue weighted by molar-refractivity contribution is -0.137. The van der Waals surface area contributed by atoms with Gasteiger partial charge in [-0.25, -0.2) is 4.98 Å². The predicted molar refractivity (Wildman–Crippen MR) is 67.2 cm³/mol. The summed E-state index contributed by atoms with van der Waals surface area (Å²) in [6.45, 7) is 1.93. The molecule has 1 aromatic rings. The van der Waals surface area contributed by atoms with Gasteiger partial charge in [-0.3, -0.25) is 14.5 Å². The fourth-order valence-corrected chi connectivity index (χ4v) is 2.09. The van der Waals surface area contributed by atoms with Crippen LogP contribution < -0.4 is 5.32 Å². The van der Waals surface area contributed by atoms with Crippen LogP contribution in [0.4, 0.5) is 0 Å². The van der Waals surface area contributed by atoms with Gasteiger partial charge in [0.05, 0.1) is 25.0 Å². The van der Waals surface area contributed by atoms with E-state index in [4.69, 9.17) is 4.74 Å². The van der Waals surface area contributed by atoms with Crippen molar-refractivity contribution in [3.8, 4) is 0 Å². The average molecular weight is 266 g/mol. The fraction of sp³-hybridized carbons (Fsp3) is 0.583. The molecule has 0 aliphatic carbocycles. The Labute approximate surface area is 111 Å². The molecule has 1 unspecified atom stereocenters. The number of aromatic nitrogens is 2. The van der Waals surface area contributed by atoms with Crippen molar-refractivity contribution < 1.29 is 14.3 Å². The van der Waals surface area contributed by atoms with Gasteiger partial charge in [-0.1, -0.05) is 0 Å². The third-order valence-electron chi connectivity index (χ3n) is 3.23. The summed E-state index contributed by atoms with van der Waals surface area (Å²) in [5.74, 6) is -0.330. The molecule has 7 heteroatoms. The van der Waals surface area contributed by atoms with Gasteiger partial charge in [0.2, 0.25) is 5.91 Å². The zero-order valence-electron chi connectivity index (χ0n) is 11.1. The van der Waals surface area contributed by atoms with Crippen LogP contribution in [-0.2, 0) is 20.9 Å². The van der Waals surface area contributed by atoms with E-state index in [2.05, 4.69) is 10.3 Å². The van der Waals surface area contributed by atoms with Gasteiger partial charge in [-0.15, -0.1) is 0 Å². The first-order chi connectivity index (χ1) is 9.15. The largest absolute Gasteiger partial charge is 0.383 e. The SMILES string of the molecule is COCCNCc1cncn1C1CC(=O)N(C)C1=O. The standard InChI is InChI=1S/C12H18N4O3/c1-15-11(17)5-10(12(15)18)16-8-14-7-9(16)6-13-3-4-19-2/h7-8,10,13H,3-6H2,1-2H3. The van der Waals surface area contributed by atoms with E-state index in [0.717, 1.165) is 12.2 Å². The number of ether oxygens (including phenoxy) is 1. The highest BCUT2D eigenvalue weighted by molar-refractivity contribution is 6.04. The number of imidazole rings is 1. The molecule has 1 aliphatic heterocycles. The molecule has 0 aromatic carbocycles. The molecule has 0 radical (unpaired) electrons. The summed E-state index contributed by atoms with van der Waals surface area (Å²) >= 11 is 0. The Bertz CT molecular complexity index is 471. The van der Waals surface area contributed by atoms with Crippen LogP contribution in [0, 0.1) is 0 Å². The van der Waals surface area contributed by atoms with E-state index in [1.54, 1.807) is 24.2 Å². The number of hydrogen-bond donors (Lipinski definition) is 1. The number of rotatable bonds is 6. The maximum absolute atomic E-state index is 12.0. The van der Waals surface area contributed by atoms with Crippen LogP contribution in [0.5, 0.6) is 0 Å². The van der Waals surface area contributed by atoms with Gasteiger partial charge in [-0.2, -0.15) is 0 Å². The molecule has 2 heterocycles. The molecule has 0 spiro atoms. The lowest BCUT2D eigenvalue weighted by Crippen LogP contribution is -2.28. The van der Waals surface area contributed by atoms with Crippen molar-refractivity contribution in [2.75, 3.05) is 27.3 Å². The number of nitrogens with one attached hydrogen (secondary N) is 1. The zero-order chi connectivity index (χ0) is 13.8. The predicted octanol–water partition coefficient (Wildman–Crippen LogP) is -0.451. The summed E-state index contributed by atoms with van der Waals surface area (Å²) in [7, 11) is 3.16. The Kier molecular flexibility index (Phi) is 4.28. The summed E-state index contributed by atoms with van der Waals surface area (Å²) in [4.78, 5) is 28.7. The first-order valence-corrected chi connectivity index (χ1v) is 6.16. The normalized spacial score (nSPS) is 19.5. The van der Waals surface area contributed by atoms with E-state index in [1.807, 2.05) is 0 Å². The molecule has 1 saturated heterocycles. The lowest BCUT2D eigenvalue weighted by atomic mass is 10.2. The maximum Gasteiger partial charge on any atom is 0.252 e. The van der Waals surface area contributed by atoms with Crippen molar-refractivity contribution in [3.63, 3.8) is 0 Å². The molecule has 1 aliphatic rings. The summed E-state index contributed by atoms with van der Waals surface area (Å²) in [6, 6.07) is -0.459. The molecule has 7 nitrogen and oxygen atoms in total. The fourth-order valence-electron chi connectivity index (χ4n) is 2.09. The second-order valence-corrected chi connectivity index (χ2v) is 4.47. The van der Waals surface area contributed by atoms with Gasteiger partial charge in [0, 0.05) is 33.4 Å². The van der Waals surface area contributed by atoms with Gasteiger partial charge < -0.3 is 14.6 Å². The van der Waals surface area contributed by atoms with E-state index in [-0.39, 0.29) is 18.2 Å². The second-order valence-electron chi connectivity index (χ2n) is 4.47. The third kappa shape index (κ3) is 2.82. The van der Waals surface area contributed by atoms with E-state index < -0.39 is 6.04 Å². The zero-order valence-corrected chi connectivity index (χ0v) is 11.1. The van der Waals surface area contributed by atoms with E-state index in [1.165, 1.54) is 11.9 Å². The number of amides is 2. The third-order valence-corrected chi connectivity index (χ3v) is 3.23. The monoisotopic (exact) mass is 266 g/mol. The molecular weight excluding hydrogens is 248 g/mol. The Morgan fingerprint density at radius 1 is 1.53 bits per heavy atom.